The normalized spacial score (nSPS) is 12.6. The third-order valence-electron chi connectivity index (χ3n) is 6.01. The number of amidine groups is 1. The molecule has 2 N–H and O–H groups in total. The van der Waals surface area contributed by atoms with Gasteiger partial charge in [-0.2, -0.15) is 0 Å². The number of halogens is 3. The first-order valence-corrected chi connectivity index (χ1v) is 13.1. The Hall–Kier alpha value is -4.64. The van der Waals surface area contributed by atoms with E-state index in [0.717, 1.165) is 28.3 Å². The van der Waals surface area contributed by atoms with Gasteiger partial charge in [-0.1, -0.05) is 18.2 Å². The van der Waals surface area contributed by atoms with Crippen molar-refractivity contribution in [2.24, 2.45) is 10.7 Å². The van der Waals surface area contributed by atoms with Crippen LogP contribution >= 0.6 is 0 Å². The van der Waals surface area contributed by atoms with Gasteiger partial charge in [0.05, 0.1) is 22.2 Å². The SMILES string of the molecule is Cc1ccc(C(N)=Nc2ccc(F)cc2)cc1-c1nc(S(C)=O)nc2c1ccc(=O)n2-c1c(F)cccc1F. The molecule has 1 unspecified atom stereocenters. The number of pyridine rings is 1. The maximum atomic E-state index is 14.8. The molecule has 5 aromatic rings. The van der Waals surface area contributed by atoms with E-state index >= 15 is 0 Å². The summed E-state index contributed by atoms with van der Waals surface area (Å²) >= 11 is 0. The third kappa shape index (κ3) is 4.96. The van der Waals surface area contributed by atoms with Crippen molar-refractivity contribution in [1.82, 2.24) is 14.5 Å². The zero-order valence-electron chi connectivity index (χ0n) is 20.7. The predicted molar refractivity (Wildman–Crippen MR) is 144 cm³/mol. The zero-order valence-corrected chi connectivity index (χ0v) is 21.5. The van der Waals surface area contributed by atoms with Crippen molar-refractivity contribution in [3.05, 3.63) is 112 Å². The van der Waals surface area contributed by atoms with Gasteiger partial charge in [-0.3, -0.25) is 13.6 Å². The van der Waals surface area contributed by atoms with E-state index in [-0.39, 0.29) is 22.3 Å². The van der Waals surface area contributed by atoms with E-state index in [0.29, 0.717) is 22.2 Å². The second-order valence-corrected chi connectivity index (χ2v) is 9.90. The first-order chi connectivity index (χ1) is 18.6. The summed E-state index contributed by atoms with van der Waals surface area (Å²) in [4.78, 5) is 26.0. The smallest absolute Gasteiger partial charge is 0.256 e. The first-order valence-electron chi connectivity index (χ1n) is 11.6. The summed E-state index contributed by atoms with van der Waals surface area (Å²) in [5, 5.41) is 0.159. The van der Waals surface area contributed by atoms with Gasteiger partial charge in [0, 0.05) is 28.8 Å². The molecule has 0 fully saturated rings. The van der Waals surface area contributed by atoms with Crippen LogP contribution in [0.15, 0.2) is 87.7 Å². The molecular formula is C28H20F3N5O2S. The van der Waals surface area contributed by atoms with Crippen molar-refractivity contribution in [1.29, 1.82) is 0 Å². The van der Waals surface area contributed by atoms with E-state index in [1.807, 2.05) is 6.92 Å². The number of hydrogen-bond donors (Lipinski definition) is 1. The number of rotatable bonds is 5. The Bertz CT molecular complexity index is 1850. The number of nitrogens with two attached hydrogens (primary N) is 1. The van der Waals surface area contributed by atoms with Gasteiger partial charge in [0.1, 0.15) is 29.0 Å². The summed E-state index contributed by atoms with van der Waals surface area (Å²) in [6.07, 6.45) is 1.36. The number of para-hydroxylation sites is 1. The molecule has 1 atom stereocenters. The molecule has 11 heteroatoms. The monoisotopic (exact) mass is 547 g/mol. The Balaban J connectivity index is 1.78. The van der Waals surface area contributed by atoms with Gasteiger partial charge in [-0.25, -0.2) is 28.1 Å². The van der Waals surface area contributed by atoms with E-state index in [2.05, 4.69) is 15.0 Å². The van der Waals surface area contributed by atoms with Crippen LogP contribution in [0.4, 0.5) is 18.9 Å². The molecule has 5 rings (SSSR count). The number of aryl methyl sites for hydroxylation is 1. The van der Waals surface area contributed by atoms with E-state index in [4.69, 9.17) is 5.73 Å². The summed E-state index contributed by atoms with van der Waals surface area (Å²) in [7, 11) is -1.70. The van der Waals surface area contributed by atoms with Crippen molar-refractivity contribution >= 4 is 33.4 Å². The molecule has 0 aliphatic rings. The number of aliphatic imine (C=N–C) groups is 1. The number of hydrogen-bond acceptors (Lipinski definition) is 5. The molecule has 0 bridgehead atoms. The Morgan fingerprint density at radius 2 is 1.64 bits per heavy atom. The Morgan fingerprint density at radius 3 is 2.31 bits per heavy atom. The highest BCUT2D eigenvalue weighted by Gasteiger charge is 2.21. The highest BCUT2D eigenvalue weighted by atomic mass is 32.2. The molecule has 0 spiro atoms. The first kappa shape index (κ1) is 26.0. The third-order valence-corrected chi connectivity index (χ3v) is 6.71. The number of fused-ring (bicyclic) bond motifs is 1. The van der Waals surface area contributed by atoms with Crippen molar-refractivity contribution in [3.63, 3.8) is 0 Å². The van der Waals surface area contributed by atoms with Gasteiger partial charge in [0.2, 0.25) is 5.16 Å². The summed E-state index contributed by atoms with van der Waals surface area (Å²) in [5.41, 5.74) is 7.34. The molecule has 0 amide bonds. The lowest BCUT2D eigenvalue weighted by Crippen LogP contribution is -2.21. The molecule has 0 saturated heterocycles. The fourth-order valence-corrected chi connectivity index (χ4v) is 4.54. The standard InChI is InChI=1S/C28H20F3N5O2S/c1-15-6-7-16(26(32)33-18-10-8-17(29)9-11-18)14-20(15)24-19-12-13-23(37)36(25-21(30)4-3-5-22(25)31)27(19)35-28(34-24)39(2)38/h3-14H,1-2H3,(H2,32,33). The Kier molecular flexibility index (Phi) is 6.83. The van der Waals surface area contributed by atoms with Gasteiger partial charge < -0.3 is 5.73 Å². The molecule has 3 aromatic carbocycles. The topological polar surface area (TPSA) is 103 Å². The number of benzene rings is 3. The van der Waals surface area contributed by atoms with Crippen LogP contribution in [0.2, 0.25) is 0 Å². The molecule has 0 radical (unpaired) electrons. The summed E-state index contributed by atoms with van der Waals surface area (Å²) in [5.74, 6) is -2.19. The van der Waals surface area contributed by atoms with Crippen molar-refractivity contribution in [2.75, 3.05) is 6.26 Å². The van der Waals surface area contributed by atoms with Gasteiger partial charge >= 0.3 is 0 Å². The minimum atomic E-state index is -1.70. The van der Waals surface area contributed by atoms with Crippen LogP contribution in [0.1, 0.15) is 11.1 Å². The average Bonchev–Trinajstić information content (AvgIpc) is 2.90. The van der Waals surface area contributed by atoms with E-state index in [1.165, 1.54) is 42.7 Å². The fraction of sp³-hybridized carbons (Fsp3) is 0.0714. The molecule has 0 aliphatic carbocycles. The molecule has 2 heterocycles. The lowest BCUT2D eigenvalue weighted by molar-refractivity contribution is 0.568. The maximum absolute atomic E-state index is 14.8. The van der Waals surface area contributed by atoms with E-state index < -0.39 is 39.5 Å². The van der Waals surface area contributed by atoms with Crippen molar-refractivity contribution in [2.45, 2.75) is 12.1 Å². The summed E-state index contributed by atoms with van der Waals surface area (Å²) in [6, 6.07) is 16.6. The van der Waals surface area contributed by atoms with Crippen LogP contribution in [-0.4, -0.2) is 30.8 Å². The highest BCUT2D eigenvalue weighted by Crippen LogP contribution is 2.31. The number of nitrogens with zero attached hydrogens (tertiary/aromatic N) is 4. The average molecular weight is 548 g/mol. The summed E-state index contributed by atoms with van der Waals surface area (Å²) < 4.78 is 56.2. The van der Waals surface area contributed by atoms with Gasteiger partial charge in [-0.15, -0.1) is 0 Å². The highest BCUT2D eigenvalue weighted by molar-refractivity contribution is 7.84. The van der Waals surface area contributed by atoms with Crippen LogP contribution < -0.4 is 11.3 Å². The Labute approximate surface area is 223 Å². The predicted octanol–water partition coefficient (Wildman–Crippen LogP) is 4.95. The molecule has 0 saturated carbocycles. The molecule has 7 nitrogen and oxygen atoms in total. The van der Waals surface area contributed by atoms with Crippen molar-refractivity contribution in [3.8, 4) is 16.9 Å². The van der Waals surface area contributed by atoms with Crippen molar-refractivity contribution < 1.29 is 17.4 Å². The fourth-order valence-electron chi connectivity index (χ4n) is 4.10. The van der Waals surface area contributed by atoms with Crippen LogP contribution in [0.3, 0.4) is 0 Å². The minimum absolute atomic E-state index is 0.112. The second-order valence-electron chi connectivity index (χ2n) is 8.63. The van der Waals surface area contributed by atoms with Crippen LogP contribution in [0, 0.1) is 24.4 Å². The summed E-state index contributed by atoms with van der Waals surface area (Å²) in [6.45, 7) is 1.81. The van der Waals surface area contributed by atoms with Crippen LogP contribution in [0.25, 0.3) is 28.0 Å². The van der Waals surface area contributed by atoms with E-state index in [1.54, 1.807) is 18.2 Å². The molecular weight excluding hydrogens is 527 g/mol. The largest absolute Gasteiger partial charge is 0.383 e. The van der Waals surface area contributed by atoms with E-state index in [9.17, 15) is 22.2 Å². The molecule has 2 aromatic heterocycles. The minimum Gasteiger partial charge on any atom is -0.383 e. The van der Waals surface area contributed by atoms with Crippen LogP contribution in [0.5, 0.6) is 0 Å². The van der Waals surface area contributed by atoms with Gasteiger partial charge in [-0.05, 0) is 61.0 Å². The molecule has 0 aliphatic heterocycles. The van der Waals surface area contributed by atoms with Crippen LogP contribution in [-0.2, 0) is 10.8 Å². The van der Waals surface area contributed by atoms with Gasteiger partial charge in [0.25, 0.3) is 5.56 Å². The lowest BCUT2D eigenvalue weighted by atomic mass is 9.99. The lowest BCUT2D eigenvalue weighted by Gasteiger charge is -2.15. The number of aromatic nitrogens is 3. The second kappa shape index (κ2) is 10.3. The quantitative estimate of drug-likeness (QED) is 0.191. The molecule has 39 heavy (non-hydrogen) atoms. The maximum Gasteiger partial charge on any atom is 0.256 e. The zero-order chi connectivity index (χ0) is 27.8. The van der Waals surface area contributed by atoms with Gasteiger partial charge in [0.15, 0.2) is 5.65 Å². The molecule has 196 valence electrons. The Morgan fingerprint density at radius 1 is 0.949 bits per heavy atom.